The third kappa shape index (κ3) is 2.99. The predicted molar refractivity (Wildman–Crippen MR) is 60.6 cm³/mol. The lowest BCUT2D eigenvalue weighted by atomic mass is 10.2. The van der Waals surface area contributed by atoms with E-state index in [0.29, 0.717) is 4.47 Å². The first-order valence-corrected chi connectivity index (χ1v) is 4.41. The Morgan fingerprint density at radius 1 is 1.46 bits per heavy atom. The molecule has 0 amide bonds. The Hall–Kier alpha value is -0.0175. The van der Waals surface area contributed by atoms with Gasteiger partial charge in [0.05, 0.1) is 4.47 Å². The second-order valence-corrected chi connectivity index (χ2v) is 3.18. The van der Waals surface area contributed by atoms with Crippen molar-refractivity contribution >= 4 is 55.5 Å². The molecule has 0 aliphatic carbocycles. The molecule has 70 valence electrons. The van der Waals surface area contributed by atoms with E-state index in [-0.39, 0.29) is 28.7 Å². The van der Waals surface area contributed by atoms with Gasteiger partial charge >= 0.3 is 5.97 Å². The van der Waals surface area contributed by atoms with Gasteiger partial charge in [-0.25, -0.2) is 4.79 Å². The Kier molecular flexibility index (Phi) is 5.65. The maximum absolute atomic E-state index is 10.6. The van der Waals surface area contributed by atoms with Crippen LogP contribution in [0, 0.1) is 0 Å². The van der Waals surface area contributed by atoms with Crippen molar-refractivity contribution < 1.29 is 13.7 Å². The number of carbonyl (C=O) groups is 1. The van der Waals surface area contributed by atoms with Crippen LogP contribution in [0.1, 0.15) is 10.4 Å². The van der Waals surface area contributed by atoms with Gasteiger partial charge in [-0.05, 0) is 28.1 Å². The van der Waals surface area contributed by atoms with E-state index in [1.54, 1.807) is 12.1 Å². The van der Waals surface area contributed by atoms with Crippen molar-refractivity contribution in [2.45, 2.75) is 0 Å². The van der Waals surface area contributed by atoms with Crippen molar-refractivity contribution in [2.75, 3.05) is 0 Å². The number of benzene rings is 1. The van der Waals surface area contributed by atoms with Gasteiger partial charge < -0.3 is 8.93 Å². The maximum Gasteiger partial charge on any atom is 0.339 e. The molecule has 0 aliphatic rings. The Labute approximate surface area is 103 Å². The zero-order chi connectivity index (χ0) is 9.14. The summed E-state index contributed by atoms with van der Waals surface area (Å²) in [6.45, 7) is 0. The molecule has 1 N–H and O–H groups in total. The number of halogens is 2. The van der Waals surface area contributed by atoms with Crippen molar-refractivity contribution in [1.29, 1.82) is 0 Å². The maximum atomic E-state index is 10.6. The van der Waals surface area contributed by atoms with Gasteiger partial charge in [-0.1, -0.05) is 6.07 Å². The van der Waals surface area contributed by atoms with Crippen LogP contribution < -0.4 is 3.83 Å². The first-order chi connectivity index (χ1) is 5.66. The summed E-state index contributed by atoms with van der Waals surface area (Å²) in [6.07, 6.45) is 0. The molecule has 0 saturated heterocycles. The van der Waals surface area contributed by atoms with Gasteiger partial charge in [0.15, 0.2) is 39.4 Å². The third-order valence-electron chi connectivity index (χ3n) is 1.27. The monoisotopic (exact) mass is 324 g/mol. The summed E-state index contributed by atoms with van der Waals surface area (Å²) in [7, 11) is 0. The molecular weight excluding hydrogens is 319 g/mol. The molecule has 0 heterocycles. The average Bonchev–Trinajstić information content (AvgIpc) is 2.03. The summed E-state index contributed by atoms with van der Waals surface area (Å²) < 4.78 is 5.32. The van der Waals surface area contributed by atoms with Crippen LogP contribution in [0.4, 0.5) is 0 Å². The number of hydrogen-bond donors (Lipinski definition) is 1. The van der Waals surface area contributed by atoms with Crippen LogP contribution in [0.3, 0.4) is 0 Å². The van der Waals surface area contributed by atoms with Gasteiger partial charge in [0.2, 0.25) is 0 Å². The lowest BCUT2D eigenvalue weighted by molar-refractivity contribution is 0.0695. The van der Waals surface area contributed by atoms with E-state index < -0.39 is 5.97 Å². The fourth-order valence-electron chi connectivity index (χ4n) is 0.756. The van der Waals surface area contributed by atoms with Gasteiger partial charge in [-0.3, -0.25) is 0 Å². The van der Waals surface area contributed by atoms with Crippen molar-refractivity contribution in [1.82, 2.24) is 0 Å². The van der Waals surface area contributed by atoms with Gasteiger partial charge in [0.25, 0.3) is 0 Å². The molecule has 1 aromatic rings. The van der Waals surface area contributed by atoms with Crippen molar-refractivity contribution in [2.24, 2.45) is 0 Å². The second kappa shape index (κ2) is 5.66. The minimum absolute atomic E-state index is 0. The van der Waals surface area contributed by atoms with E-state index >= 15 is 0 Å². The Balaban J connectivity index is 0.00000144. The van der Waals surface area contributed by atoms with E-state index in [4.69, 9.17) is 8.93 Å². The van der Waals surface area contributed by atoms with Crippen LogP contribution in [0.2, 0.25) is 0 Å². The number of carboxylic acids is 1. The third-order valence-corrected chi connectivity index (χ3v) is 2.22. The number of aromatic carboxylic acids is 1. The number of para-hydroxylation sites is 1. The fourth-order valence-corrected chi connectivity index (χ4v) is 1.77. The number of hydrogen-bond acceptors (Lipinski definition) is 2. The largest absolute Gasteiger partial charge is 0.478 e. The molecule has 1 rings (SSSR count). The van der Waals surface area contributed by atoms with Crippen molar-refractivity contribution in [3.05, 3.63) is 28.2 Å². The average molecular weight is 326 g/mol. The summed E-state index contributed by atoms with van der Waals surface area (Å²) in [6, 6.07) is 4.79. The topological polar surface area (TPSA) is 46.5 Å². The summed E-state index contributed by atoms with van der Waals surface area (Å²) in [4.78, 5) is 10.6. The summed E-state index contributed by atoms with van der Waals surface area (Å²) in [5, 5.41) is 8.70. The van der Waals surface area contributed by atoms with Crippen LogP contribution in [-0.2, 0) is 0 Å². The van der Waals surface area contributed by atoms with Crippen LogP contribution in [0.25, 0.3) is 0 Å². The van der Waals surface area contributed by atoms with E-state index in [0.717, 1.165) is 0 Å². The molecule has 0 saturated carbocycles. The first kappa shape index (κ1) is 13.0. The van der Waals surface area contributed by atoms with E-state index in [9.17, 15) is 4.79 Å². The summed E-state index contributed by atoms with van der Waals surface area (Å²) >= 11 is 5.89. The minimum Gasteiger partial charge on any atom is -0.478 e. The quantitative estimate of drug-likeness (QED) is 0.841. The lowest BCUT2D eigenvalue weighted by Crippen LogP contribution is -1.98. The molecule has 0 radical (unpaired) electrons. The normalized spacial score (nSPS) is 8.77. The molecule has 0 unspecified atom stereocenters. The smallest absolute Gasteiger partial charge is 0.339 e. The molecule has 0 bridgehead atoms. The van der Waals surface area contributed by atoms with Gasteiger partial charge in [0.1, 0.15) is 5.56 Å². The van der Waals surface area contributed by atoms with Gasteiger partial charge in [-0.15, -0.1) is 0 Å². The molecule has 1 aromatic carbocycles. The molecule has 0 fully saturated rings. The molecule has 6 heteroatoms. The molecule has 0 aliphatic heterocycles. The minimum atomic E-state index is -1.02. The van der Waals surface area contributed by atoms with E-state index in [1.807, 2.05) is 0 Å². The number of rotatable bonds is 2. The highest BCUT2D eigenvalue weighted by molar-refractivity contribution is 9.10. The highest BCUT2D eigenvalue weighted by Crippen LogP contribution is 2.30. The van der Waals surface area contributed by atoms with Crippen LogP contribution in [0.15, 0.2) is 22.7 Å². The van der Waals surface area contributed by atoms with E-state index in [1.165, 1.54) is 6.07 Å². The molecule has 13 heavy (non-hydrogen) atoms. The zero-order valence-corrected chi connectivity index (χ0v) is 8.92. The Morgan fingerprint density at radius 2 is 2.08 bits per heavy atom. The Morgan fingerprint density at radius 3 is 2.46 bits per heavy atom. The van der Waals surface area contributed by atoms with Crippen LogP contribution in [-0.4, -0.2) is 28.4 Å². The first-order valence-electron chi connectivity index (χ1n) is 2.97. The molecule has 0 spiro atoms. The zero-order valence-electron chi connectivity index (χ0n) is 5.75. The molecule has 0 aromatic heterocycles. The van der Waals surface area contributed by atoms with Gasteiger partial charge in [0, 0.05) is 0 Å². The lowest BCUT2D eigenvalue weighted by Gasteiger charge is -2.03. The van der Waals surface area contributed by atoms with Gasteiger partial charge in [-0.2, -0.15) is 0 Å². The number of carboxylic acid groups (broad SMARTS) is 1. The van der Waals surface area contributed by atoms with E-state index in [2.05, 4.69) is 32.2 Å². The molecular formula is C7H7AlBr2O3. The Bertz CT molecular complexity index is 317. The highest BCUT2D eigenvalue weighted by Gasteiger charge is 2.13. The second-order valence-electron chi connectivity index (χ2n) is 2.00. The fraction of sp³-hybridized carbons (Fsp3) is 0. The SMILES string of the molecule is O=C(O)c1cccc(Br)c1OBr.[AlH3]. The standard InChI is InChI=1S/C7H4Br2O3.Al.3H/c8-5-3-1-2-4(7(10)11)6(5)12-9;;;;/h1-3H,(H,10,11);;;;. The van der Waals surface area contributed by atoms with Crippen LogP contribution in [0.5, 0.6) is 5.75 Å². The van der Waals surface area contributed by atoms with Crippen molar-refractivity contribution in [3.8, 4) is 5.75 Å². The summed E-state index contributed by atoms with van der Waals surface area (Å²) in [5.41, 5.74) is 0.112. The van der Waals surface area contributed by atoms with Crippen LogP contribution >= 0.6 is 32.2 Å². The predicted octanol–water partition coefficient (Wildman–Crippen LogP) is 1.65. The molecule has 0 atom stereocenters. The highest BCUT2D eigenvalue weighted by atomic mass is 79.9. The van der Waals surface area contributed by atoms with Crippen molar-refractivity contribution in [3.63, 3.8) is 0 Å². The molecule has 3 nitrogen and oxygen atoms in total. The summed E-state index contributed by atoms with van der Waals surface area (Å²) in [5.74, 6) is -0.754.